The van der Waals surface area contributed by atoms with Gasteiger partial charge in [0.1, 0.15) is 5.58 Å². The Bertz CT molecular complexity index is 3350. The van der Waals surface area contributed by atoms with Gasteiger partial charge in [-0.15, -0.1) is 0 Å². The van der Waals surface area contributed by atoms with E-state index in [2.05, 4.69) is 193 Å². The fourth-order valence-corrected chi connectivity index (χ4v) is 9.65. The minimum Gasteiger partial charge on any atom is -0.454 e. The molecule has 12 rings (SSSR count). The van der Waals surface area contributed by atoms with Gasteiger partial charge < -0.3 is 13.6 Å². The molecule has 1 aliphatic carbocycles. The molecule has 254 valence electrons. The van der Waals surface area contributed by atoms with E-state index in [4.69, 9.17) is 4.42 Å². The van der Waals surface area contributed by atoms with Crippen molar-refractivity contribution in [2.24, 2.45) is 0 Å². The van der Waals surface area contributed by atoms with Crippen molar-refractivity contribution in [2.45, 2.75) is 19.3 Å². The highest BCUT2D eigenvalue weighted by atomic mass is 16.3. The highest BCUT2D eigenvalue weighted by molar-refractivity contribution is 6.26. The predicted molar refractivity (Wildman–Crippen MR) is 225 cm³/mol. The van der Waals surface area contributed by atoms with Crippen molar-refractivity contribution in [3.63, 3.8) is 0 Å². The van der Waals surface area contributed by atoms with E-state index in [1.165, 1.54) is 66.0 Å². The minimum atomic E-state index is -0.116. The summed E-state index contributed by atoms with van der Waals surface area (Å²) < 4.78 is 11.7. The van der Waals surface area contributed by atoms with E-state index in [-0.39, 0.29) is 5.41 Å². The van der Waals surface area contributed by atoms with Crippen LogP contribution in [0.3, 0.4) is 0 Å². The first-order valence-electron chi connectivity index (χ1n) is 18.8. The number of para-hydroxylation sites is 4. The van der Waals surface area contributed by atoms with Crippen LogP contribution in [0.4, 0.5) is 0 Å². The molecule has 0 unspecified atom stereocenters. The lowest BCUT2D eigenvalue weighted by atomic mass is 9.82. The Hall–Kier alpha value is -6.84. The third-order valence-electron chi connectivity index (χ3n) is 12.1. The molecule has 0 amide bonds. The highest BCUT2D eigenvalue weighted by Crippen LogP contribution is 2.51. The predicted octanol–water partition coefficient (Wildman–Crippen LogP) is 13.8. The number of rotatable bonds is 3. The van der Waals surface area contributed by atoms with Crippen molar-refractivity contribution in [3.8, 4) is 33.6 Å². The molecular weight excluding hydrogens is 657 g/mol. The van der Waals surface area contributed by atoms with Crippen molar-refractivity contribution < 1.29 is 4.42 Å². The van der Waals surface area contributed by atoms with Gasteiger partial charge in [-0.1, -0.05) is 123 Å². The Morgan fingerprint density at radius 3 is 1.94 bits per heavy atom. The summed E-state index contributed by atoms with van der Waals surface area (Å²) in [6.45, 7) is 4.71. The summed E-state index contributed by atoms with van der Waals surface area (Å²) in [5.74, 6) is 0. The molecule has 3 heteroatoms. The van der Waals surface area contributed by atoms with E-state index >= 15 is 0 Å². The second kappa shape index (κ2) is 10.6. The molecule has 0 radical (unpaired) electrons. The highest BCUT2D eigenvalue weighted by Gasteiger charge is 2.35. The maximum atomic E-state index is 6.89. The first kappa shape index (κ1) is 29.7. The molecule has 0 saturated heterocycles. The fraction of sp³-hybridized carbons (Fsp3) is 0.0588. The molecule has 1 aliphatic rings. The first-order valence-corrected chi connectivity index (χ1v) is 18.8. The van der Waals surface area contributed by atoms with E-state index in [1.54, 1.807) is 0 Å². The Morgan fingerprint density at radius 1 is 0.426 bits per heavy atom. The standard InChI is InChI=1S/C51H34N2O/c1-51(2)42-20-10-6-16-34(42)35-26-25-33(29-43(35)51)53-45-22-12-8-19-38(45)48-39(30-41-37-18-9-13-23-47(37)54-50(41)49(48)53)31-24-27-46-40(28-31)36-17-7-11-21-44(36)52(46)32-14-4-3-5-15-32/h3-30H,1-2H3. The zero-order valence-corrected chi connectivity index (χ0v) is 30.0. The monoisotopic (exact) mass is 690 g/mol. The average molecular weight is 691 g/mol. The lowest BCUT2D eigenvalue weighted by molar-refractivity contribution is 0.660. The molecule has 0 atom stereocenters. The molecule has 3 aromatic heterocycles. The van der Waals surface area contributed by atoms with Crippen LogP contribution in [0, 0.1) is 0 Å². The zero-order chi connectivity index (χ0) is 35.7. The summed E-state index contributed by atoms with van der Waals surface area (Å²) in [6.07, 6.45) is 0. The molecule has 0 fully saturated rings. The maximum absolute atomic E-state index is 6.89. The van der Waals surface area contributed by atoms with Crippen molar-refractivity contribution in [1.29, 1.82) is 0 Å². The van der Waals surface area contributed by atoms with Gasteiger partial charge in [-0.3, -0.25) is 0 Å². The Morgan fingerprint density at radius 2 is 1.09 bits per heavy atom. The topological polar surface area (TPSA) is 23.0 Å². The SMILES string of the molecule is CC1(C)c2ccccc2-c2ccc(-n3c4ccccc4c4c(-c5ccc6c(c5)c5ccccc5n6-c5ccccc5)cc5c6ccccc6oc5c43)cc21. The third-order valence-corrected chi connectivity index (χ3v) is 12.1. The molecule has 0 saturated carbocycles. The summed E-state index contributed by atoms with van der Waals surface area (Å²) in [5.41, 5.74) is 16.4. The van der Waals surface area contributed by atoms with Gasteiger partial charge in [-0.2, -0.15) is 0 Å². The molecular formula is C51H34N2O. The Kier molecular flexibility index (Phi) is 5.84. The third kappa shape index (κ3) is 3.85. The summed E-state index contributed by atoms with van der Waals surface area (Å²) in [6, 6.07) is 62.1. The van der Waals surface area contributed by atoms with Crippen LogP contribution in [0.25, 0.3) is 99.2 Å². The molecule has 11 aromatic rings. The Labute approximate surface area is 311 Å². The van der Waals surface area contributed by atoms with E-state index in [0.29, 0.717) is 0 Å². The van der Waals surface area contributed by atoms with E-state index in [1.807, 2.05) is 0 Å². The smallest absolute Gasteiger partial charge is 0.160 e. The molecule has 3 heterocycles. The van der Waals surface area contributed by atoms with E-state index in [0.717, 1.165) is 44.3 Å². The summed E-state index contributed by atoms with van der Waals surface area (Å²) in [4.78, 5) is 0. The van der Waals surface area contributed by atoms with Crippen molar-refractivity contribution in [2.75, 3.05) is 0 Å². The fourth-order valence-electron chi connectivity index (χ4n) is 9.65. The van der Waals surface area contributed by atoms with Gasteiger partial charge in [0.25, 0.3) is 0 Å². The second-order valence-corrected chi connectivity index (χ2v) is 15.3. The van der Waals surface area contributed by atoms with Gasteiger partial charge in [0.05, 0.1) is 22.1 Å². The van der Waals surface area contributed by atoms with E-state index < -0.39 is 0 Å². The number of benzene rings is 8. The van der Waals surface area contributed by atoms with Crippen LogP contribution in [0.2, 0.25) is 0 Å². The molecule has 8 aromatic carbocycles. The number of fused-ring (bicyclic) bond motifs is 13. The van der Waals surface area contributed by atoms with Crippen LogP contribution in [0.1, 0.15) is 25.0 Å². The van der Waals surface area contributed by atoms with Gasteiger partial charge in [0, 0.05) is 49.1 Å². The van der Waals surface area contributed by atoms with Gasteiger partial charge >= 0.3 is 0 Å². The van der Waals surface area contributed by atoms with Crippen LogP contribution < -0.4 is 0 Å². The van der Waals surface area contributed by atoms with Gasteiger partial charge in [0.2, 0.25) is 0 Å². The molecule has 54 heavy (non-hydrogen) atoms. The van der Waals surface area contributed by atoms with Crippen LogP contribution in [-0.4, -0.2) is 9.13 Å². The Balaban J connectivity index is 1.20. The number of aromatic nitrogens is 2. The first-order chi connectivity index (χ1) is 26.6. The summed E-state index contributed by atoms with van der Waals surface area (Å²) in [5, 5.41) is 7.14. The summed E-state index contributed by atoms with van der Waals surface area (Å²) in [7, 11) is 0. The second-order valence-electron chi connectivity index (χ2n) is 15.3. The molecule has 0 N–H and O–H groups in total. The molecule has 0 aliphatic heterocycles. The number of hydrogen-bond acceptors (Lipinski definition) is 1. The maximum Gasteiger partial charge on any atom is 0.160 e. The van der Waals surface area contributed by atoms with Crippen molar-refractivity contribution >= 4 is 65.6 Å². The lowest BCUT2D eigenvalue weighted by Gasteiger charge is -2.22. The number of nitrogens with zero attached hydrogens (tertiary/aromatic N) is 2. The van der Waals surface area contributed by atoms with Crippen LogP contribution in [0.15, 0.2) is 174 Å². The van der Waals surface area contributed by atoms with Crippen LogP contribution in [0.5, 0.6) is 0 Å². The molecule has 0 bridgehead atoms. The average Bonchev–Trinajstić information content (AvgIpc) is 3.93. The normalized spacial score (nSPS) is 13.5. The summed E-state index contributed by atoms with van der Waals surface area (Å²) >= 11 is 0. The van der Waals surface area contributed by atoms with Gasteiger partial charge in [-0.05, 0) is 94.0 Å². The van der Waals surface area contributed by atoms with Crippen LogP contribution in [-0.2, 0) is 5.41 Å². The minimum absolute atomic E-state index is 0.116. The van der Waals surface area contributed by atoms with Crippen molar-refractivity contribution in [3.05, 3.63) is 181 Å². The number of hydrogen-bond donors (Lipinski definition) is 0. The zero-order valence-electron chi connectivity index (χ0n) is 30.0. The van der Waals surface area contributed by atoms with Gasteiger partial charge in [-0.25, -0.2) is 0 Å². The van der Waals surface area contributed by atoms with Crippen LogP contribution >= 0.6 is 0 Å². The lowest BCUT2D eigenvalue weighted by Crippen LogP contribution is -2.15. The molecule has 3 nitrogen and oxygen atoms in total. The quantitative estimate of drug-likeness (QED) is 0.181. The number of furan rings is 1. The van der Waals surface area contributed by atoms with Gasteiger partial charge in [0.15, 0.2) is 5.58 Å². The largest absolute Gasteiger partial charge is 0.454 e. The van der Waals surface area contributed by atoms with Crippen molar-refractivity contribution in [1.82, 2.24) is 9.13 Å². The molecule has 0 spiro atoms. The van der Waals surface area contributed by atoms with E-state index in [9.17, 15) is 0 Å².